The van der Waals surface area contributed by atoms with E-state index < -0.39 is 0 Å². The predicted molar refractivity (Wildman–Crippen MR) is 94.3 cm³/mol. The van der Waals surface area contributed by atoms with Crippen LogP contribution in [-0.2, 0) is 0 Å². The Labute approximate surface area is 134 Å². The molecule has 1 aliphatic heterocycles. The van der Waals surface area contributed by atoms with Gasteiger partial charge in [0.1, 0.15) is 0 Å². The molecule has 0 bridgehead atoms. The van der Waals surface area contributed by atoms with Gasteiger partial charge in [-0.25, -0.2) is 0 Å². The van der Waals surface area contributed by atoms with Crippen LogP contribution in [-0.4, -0.2) is 62.1 Å². The smallest absolute Gasteiger partial charge is 0.191 e. The van der Waals surface area contributed by atoms with Gasteiger partial charge in [0.05, 0.1) is 0 Å². The minimum Gasteiger partial charge on any atom is -0.356 e. The molecule has 2 aliphatic rings. The summed E-state index contributed by atoms with van der Waals surface area (Å²) in [6.45, 7) is 3.57. The third kappa shape index (κ3) is 5.70. The van der Waals surface area contributed by atoms with E-state index in [1.165, 1.54) is 51.6 Å². The van der Waals surface area contributed by atoms with Gasteiger partial charge in [0, 0.05) is 24.9 Å². The fraction of sp³-hybridized carbons (Fsp3) is 0.938. The Morgan fingerprint density at radius 1 is 1.24 bits per heavy atom. The molecule has 4 nitrogen and oxygen atoms in total. The molecule has 21 heavy (non-hydrogen) atoms. The van der Waals surface area contributed by atoms with Crippen LogP contribution in [0.5, 0.6) is 0 Å². The molecule has 2 fully saturated rings. The van der Waals surface area contributed by atoms with Crippen molar-refractivity contribution >= 4 is 17.7 Å². The van der Waals surface area contributed by atoms with E-state index in [4.69, 9.17) is 0 Å². The van der Waals surface area contributed by atoms with E-state index >= 15 is 0 Å². The molecule has 2 unspecified atom stereocenters. The van der Waals surface area contributed by atoms with Crippen LogP contribution in [0.15, 0.2) is 4.99 Å². The van der Waals surface area contributed by atoms with E-state index in [-0.39, 0.29) is 0 Å². The van der Waals surface area contributed by atoms with Gasteiger partial charge in [-0.15, -0.1) is 0 Å². The second kappa shape index (κ2) is 8.89. The minimum absolute atomic E-state index is 0.608. The normalized spacial score (nSPS) is 28.8. The van der Waals surface area contributed by atoms with Gasteiger partial charge in [-0.3, -0.25) is 4.99 Å². The molecule has 2 N–H and O–H groups in total. The highest BCUT2D eigenvalue weighted by molar-refractivity contribution is 7.99. The highest BCUT2D eigenvalue weighted by Gasteiger charge is 2.24. The van der Waals surface area contributed by atoms with E-state index in [0.29, 0.717) is 6.04 Å². The van der Waals surface area contributed by atoms with Gasteiger partial charge in [-0.1, -0.05) is 0 Å². The van der Waals surface area contributed by atoms with Gasteiger partial charge in [-0.05, 0) is 70.8 Å². The Morgan fingerprint density at radius 2 is 2.00 bits per heavy atom. The number of nitrogens with zero attached hydrogens (tertiary/aromatic N) is 2. The van der Waals surface area contributed by atoms with E-state index in [1.807, 2.05) is 18.8 Å². The lowest BCUT2D eigenvalue weighted by Gasteiger charge is -2.29. The molecule has 5 heteroatoms. The Morgan fingerprint density at radius 3 is 2.62 bits per heavy atom. The standard InChI is InChI=1S/C16H32N4S/c1-17-16(19-14-4-5-15(12-14)21-3)18-9-6-13-7-10-20(2)11-8-13/h13-15H,4-12H2,1-3H3,(H2,17,18,19). The summed E-state index contributed by atoms with van der Waals surface area (Å²) < 4.78 is 0. The molecule has 1 saturated carbocycles. The van der Waals surface area contributed by atoms with Crippen LogP contribution in [0.2, 0.25) is 0 Å². The lowest BCUT2D eigenvalue weighted by atomic mass is 9.94. The Bertz CT molecular complexity index is 326. The third-order valence-corrected chi connectivity index (χ3v) is 6.06. The Hall–Kier alpha value is -0.420. The van der Waals surface area contributed by atoms with Crippen LogP contribution in [0.4, 0.5) is 0 Å². The SMILES string of the molecule is CN=C(NCCC1CCN(C)CC1)NC1CCC(SC)C1. The maximum Gasteiger partial charge on any atom is 0.191 e. The number of aliphatic imine (C=N–C) groups is 1. The zero-order chi connectivity index (χ0) is 15.1. The van der Waals surface area contributed by atoms with Crippen molar-refractivity contribution in [2.45, 2.75) is 49.8 Å². The van der Waals surface area contributed by atoms with Crippen LogP contribution < -0.4 is 10.6 Å². The van der Waals surface area contributed by atoms with Crippen molar-refractivity contribution in [3.8, 4) is 0 Å². The van der Waals surface area contributed by atoms with E-state index in [0.717, 1.165) is 23.7 Å². The highest BCUT2D eigenvalue weighted by Crippen LogP contribution is 2.28. The molecule has 1 heterocycles. The summed E-state index contributed by atoms with van der Waals surface area (Å²) in [5, 5.41) is 7.93. The van der Waals surface area contributed by atoms with Gasteiger partial charge >= 0.3 is 0 Å². The number of piperidine rings is 1. The molecule has 0 aromatic heterocycles. The van der Waals surface area contributed by atoms with Crippen LogP contribution in [0.25, 0.3) is 0 Å². The van der Waals surface area contributed by atoms with Crippen LogP contribution in [0.3, 0.4) is 0 Å². The van der Waals surface area contributed by atoms with Crippen LogP contribution in [0, 0.1) is 5.92 Å². The van der Waals surface area contributed by atoms with Gasteiger partial charge in [0.25, 0.3) is 0 Å². The van der Waals surface area contributed by atoms with E-state index in [2.05, 4.69) is 33.8 Å². The van der Waals surface area contributed by atoms with Crippen molar-refractivity contribution in [1.82, 2.24) is 15.5 Å². The summed E-state index contributed by atoms with van der Waals surface area (Å²) >= 11 is 2.00. The highest BCUT2D eigenvalue weighted by atomic mass is 32.2. The van der Waals surface area contributed by atoms with Gasteiger partial charge in [0.15, 0.2) is 5.96 Å². The number of rotatable bonds is 5. The average Bonchev–Trinajstić information content (AvgIpc) is 2.96. The molecule has 2 rings (SSSR count). The lowest BCUT2D eigenvalue weighted by molar-refractivity contribution is 0.213. The Balaban J connectivity index is 1.62. The number of thioether (sulfide) groups is 1. The number of guanidine groups is 1. The zero-order valence-electron chi connectivity index (χ0n) is 13.9. The summed E-state index contributed by atoms with van der Waals surface area (Å²) in [7, 11) is 4.11. The molecule has 0 radical (unpaired) electrons. The van der Waals surface area contributed by atoms with Gasteiger partial charge < -0.3 is 15.5 Å². The molecular formula is C16H32N4S. The maximum atomic E-state index is 4.38. The average molecular weight is 313 g/mol. The van der Waals surface area contributed by atoms with Crippen LogP contribution >= 0.6 is 11.8 Å². The summed E-state index contributed by atoms with van der Waals surface area (Å²) in [4.78, 5) is 6.81. The summed E-state index contributed by atoms with van der Waals surface area (Å²) in [6.07, 6.45) is 10.1. The summed E-state index contributed by atoms with van der Waals surface area (Å²) in [6, 6.07) is 0.608. The number of likely N-dealkylation sites (tertiary alicyclic amines) is 1. The molecule has 1 saturated heterocycles. The number of hydrogen-bond donors (Lipinski definition) is 2. The molecule has 0 spiro atoms. The molecule has 122 valence electrons. The second-order valence-corrected chi connectivity index (χ2v) is 7.68. The number of hydrogen-bond acceptors (Lipinski definition) is 3. The topological polar surface area (TPSA) is 39.7 Å². The monoisotopic (exact) mass is 312 g/mol. The van der Waals surface area contributed by atoms with Crippen molar-refractivity contribution in [1.29, 1.82) is 0 Å². The first kappa shape index (κ1) is 16.9. The summed E-state index contributed by atoms with van der Waals surface area (Å²) in [5.74, 6) is 1.88. The molecule has 0 aromatic carbocycles. The van der Waals surface area contributed by atoms with E-state index in [1.54, 1.807) is 0 Å². The second-order valence-electron chi connectivity index (χ2n) is 6.55. The first-order chi connectivity index (χ1) is 10.2. The third-order valence-electron chi connectivity index (χ3n) is 4.97. The molecule has 1 aliphatic carbocycles. The first-order valence-corrected chi connectivity index (χ1v) is 9.68. The zero-order valence-corrected chi connectivity index (χ0v) is 14.7. The van der Waals surface area contributed by atoms with Crippen molar-refractivity contribution in [2.24, 2.45) is 10.9 Å². The molecule has 2 atom stereocenters. The fourth-order valence-corrected chi connectivity index (χ4v) is 4.22. The number of nitrogens with one attached hydrogen (secondary N) is 2. The van der Waals surface area contributed by atoms with Crippen molar-refractivity contribution in [3.05, 3.63) is 0 Å². The van der Waals surface area contributed by atoms with Gasteiger partial charge in [0.2, 0.25) is 0 Å². The quantitative estimate of drug-likeness (QED) is 0.603. The van der Waals surface area contributed by atoms with E-state index in [9.17, 15) is 0 Å². The van der Waals surface area contributed by atoms with Gasteiger partial charge in [-0.2, -0.15) is 11.8 Å². The lowest BCUT2D eigenvalue weighted by Crippen LogP contribution is -2.43. The maximum absolute atomic E-state index is 4.38. The molecular weight excluding hydrogens is 280 g/mol. The molecule has 0 amide bonds. The van der Waals surface area contributed by atoms with Crippen molar-refractivity contribution in [2.75, 3.05) is 40.0 Å². The molecule has 0 aromatic rings. The minimum atomic E-state index is 0.608. The van der Waals surface area contributed by atoms with Crippen molar-refractivity contribution < 1.29 is 0 Å². The van der Waals surface area contributed by atoms with Crippen LogP contribution in [0.1, 0.15) is 38.5 Å². The van der Waals surface area contributed by atoms with Crippen molar-refractivity contribution in [3.63, 3.8) is 0 Å². The predicted octanol–water partition coefficient (Wildman–Crippen LogP) is 2.17. The first-order valence-electron chi connectivity index (χ1n) is 8.39. The Kier molecular flexibility index (Phi) is 7.17. The fourth-order valence-electron chi connectivity index (χ4n) is 3.42. The largest absolute Gasteiger partial charge is 0.356 e. The summed E-state index contributed by atoms with van der Waals surface area (Å²) in [5.41, 5.74) is 0.